The van der Waals surface area contributed by atoms with E-state index in [0.29, 0.717) is 16.7 Å². The first kappa shape index (κ1) is 27.2. The van der Waals surface area contributed by atoms with Gasteiger partial charge >= 0.3 is 0 Å². The summed E-state index contributed by atoms with van der Waals surface area (Å²) in [5, 5.41) is 11.8. The number of amides is 1. The van der Waals surface area contributed by atoms with Crippen molar-refractivity contribution in [2.45, 2.75) is 23.8 Å². The lowest BCUT2D eigenvalue weighted by Gasteiger charge is -2.23. The maximum absolute atomic E-state index is 11.0. The van der Waals surface area contributed by atoms with E-state index < -0.39 is 5.91 Å². The van der Waals surface area contributed by atoms with Gasteiger partial charge in [-0.1, -0.05) is 18.2 Å². The number of carbonyl (C=O) groups excluding carboxylic acids is 1. The lowest BCUT2D eigenvalue weighted by molar-refractivity contribution is 0.0702. The molecule has 0 atom stereocenters. The summed E-state index contributed by atoms with van der Waals surface area (Å²) in [6.07, 6.45) is 2.46. The molecule has 1 saturated heterocycles. The van der Waals surface area contributed by atoms with Crippen molar-refractivity contribution in [2.24, 2.45) is 0 Å². The Morgan fingerprint density at radius 1 is 0.861 bits per heavy atom. The van der Waals surface area contributed by atoms with Crippen LogP contribution in [0.3, 0.4) is 0 Å². The number of piperidine rings is 1. The molecule has 9 heteroatoms. The maximum atomic E-state index is 11.0. The minimum atomic E-state index is -0.608. The van der Waals surface area contributed by atoms with Crippen LogP contribution in [0.25, 0.3) is 11.1 Å². The molecule has 3 aromatic carbocycles. The molecule has 1 amide bonds. The maximum Gasteiger partial charge on any atom is 0.275 e. The van der Waals surface area contributed by atoms with Crippen LogP contribution >= 0.6 is 12.6 Å². The van der Waals surface area contributed by atoms with E-state index in [1.54, 1.807) is 26.4 Å². The van der Waals surface area contributed by atoms with Gasteiger partial charge < -0.3 is 24.3 Å². The SMILES string of the molecule is COc1ccc(-c2ccc(OC3CCNCC3)cc2)cc1OC.COc1ccc(S)c(C(=O)NO)c1. The molecular weight excluding hydrogens is 480 g/mol. The third kappa shape index (κ3) is 7.30. The minimum absolute atomic E-state index is 0.269. The third-order valence-corrected chi connectivity index (χ3v) is 6.10. The van der Waals surface area contributed by atoms with E-state index in [4.69, 9.17) is 24.2 Å². The molecule has 0 saturated carbocycles. The molecule has 192 valence electrons. The van der Waals surface area contributed by atoms with Gasteiger partial charge in [-0.25, -0.2) is 5.48 Å². The molecule has 0 radical (unpaired) electrons. The fraction of sp³-hybridized carbons (Fsp3) is 0.296. The zero-order valence-electron chi connectivity index (χ0n) is 20.6. The first-order valence-electron chi connectivity index (χ1n) is 11.5. The van der Waals surface area contributed by atoms with Crippen LogP contribution in [0.15, 0.2) is 65.6 Å². The van der Waals surface area contributed by atoms with E-state index in [-0.39, 0.29) is 5.56 Å². The lowest BCUT2D eigenvalue weighted by Crippen LogP contribution is -2.34. The summed E-state index contributed by atoms with van der Waals surface area (Å²) in [4.78, 5) is 11.5. The van der Waals surface area contributed by atoms with Crippen molar-refractivity contribution in [3.63, 3.8) is 0 Å². The van der Waals surface area contributed by atoms with E-state index in [9.17, 15) is 4.79 Å². The Labute approximate surface area is 216 Å². The number of carbonyl (C=O) groups is 1. The number of nitrogens with one attached hydrogen (secondary N) is 2. The van der Waals surface area contributed by atoms with Crippen molar-refractivity contribution >= 4 is 18.5 Å². The van der Waals surface area contributed by atoms with Crippen LogP contribution in [0.2, 0.25) is 0 Å². The monoisotopic (exact) mass is 512 g/mol. The molecule has 1 aliphatic rings. The van der Waals surface area contributed by atoms with Gasteiger partial charge in [-0.15, -0.1) is 12.6 Å². The van der Waals surface area contributed by atoms with Gasteiger partial charge in [-0.3, -0.25) is 10.0 Å². The number of ether oxygens (including phenoxy) is 4. The summed E-state index contributed by atoms with van der Waals surface area (Å²) in [5.74, 6) is 2.34. The molecule has 36 heavy (non-hydrogen) atoms. The van der Waals surface area contributed by atoms with Gasteiger partial charge in [-0.2, -0.15) is 0 Å². The topological polar surface area (TPSA) is 98.3 Å². The fourth-order valence-corrected chi connectivity index (χ4v) is 3.97. The van der Waals surface area contributed by atoms with E-state index in [1.807, 2.05) is 30.3 Å². The van der Waals surface area contributed by atoms with Crippen molar-refractivity contribution in [1.82, 2.24) is 10.8 Å². The summed E-state index contributed by atoms with van der Waals surface area (Å²) in [5.41, 5.74) is 4.02. The molecule has 1 fully saturated rings. The van der Waals surface area contributed by atoms with Crippen LogP contribution in [0.1, 0.15) is 23.2 Å². The Morgan fingerprint density at radius 3 is 2.11 bits per heavy atom. The molecule has 1 aliphatic heterocycles. The normalized spacial score (nSPS) is 13.1. The molecule has 1 heterocycles. The third-order valence-electron chi connectivity index (χ3n) is 5.71. The van der Waals surface area contributed by atoms with Crippen molar-refractivity contribution in [2.75, 3.05) is 34.4 Å². The van der Waals surface area contributed by atoms with E-state index >= 15 is 0 Å². The molecule has 4 rings (SSSR count). The second-order valence-electron chi connectivity index (χ2n) is 7.99. The van der Waals surface area contributed by atoms with Gasteiger partial charge in [0, 0.05) is 4.90 Å². The molecule has 3 N–H and O–H groups in total. The summed E-state index contributed by atoms with van der Waals surface area (Å²) >= 11 is 4.05. The number of methoxy groups -OCH3 is 3. The Kier molecular flexibility index (Phi) is 10.3. The molecule has 0 bridgehead atoms. The zero-order chi connectivity index (χ0) is 25.9. The van der Waals surface area contributed by atoms with Crippen LogP contribution in [0, 0.1) is 0 Å². The van der Waals surface area contributed by atoms with Crippen LogP contribution in [-0.4, -0.2) is 51.6 Å². The van der Waals surface area contributed by atoms with E-state index in [2.05, 4.69) is 30.1 Å². The Morgan fingerprint density at radius 2 is 1.50 bits per heavy atom. The summed E-state index contributed by atoms with van der Waals surface area (Å²) in [6.45, 7) is 2.07. The molecule has 8 nitrogen and oxygen atoms in total. The first-order chi connectivity index (χ1) is 17.5. The summed E-state index contributed by atoms with van der Waals surface area (Å²) in [6, 6.07) is 19.0. The first-order valence-corrected chi connectivity index (χ1v) is 11.9. The predicted molar refractivity (Wildman–Crippen MR) is 141 cm³/mol. The van der Waals surface area contributed by atoms with Gasteiger partial charge in [0.05, 0.1) is 26.9 Å². The second-order valence-corrected chi connectivity index (χ2v) is 8.47. The van der Waals surface area contributed by atoms with Gasteiger partial charge in [0.1, 0.15) is 17.6 Å². The molecule has 3 aromatic rings. The number of hydroxylamine groups is 1. The second kappa shape index (κ2) is 13.6. The van der Waals surface area contributed by atoms with Gasteiger partial charge in [0.25, 0.3) is 5.91 Å². The number of hydrogen-bond acceptors (Lipinski definition) is 8. The van der Waals surface area contributed by atoms with Crippen molar-refractivity contribution < 1.29 is 28.9 Å². The Bertz CT molecular complexity index is 1130. The Balaban J connectivity index is 0.000000236. The van der Waals surface area contributed by atoms with Gasteiger partial charge in [-0.05, 0) is 79.5 Å². The standard InChI is InChI=1S/C19H23NO3.C8H9NO3S/c1-21-18-8-5-15(13-19(18)22-2)14-3-6-16(7-4-14)23-17-9-11-20-12-10-17;1-12-5-2-3-7(13)6(4-5)8(10)9-11/h3-8,13,17,20H,9-12H2,1-2H3;2-4,11,13H,1H3,(H,9,10). The van der Waals surface area contributed by atoms with E-state index in [1.165, 1.54) is 18.7 Å². The van der Waals surface area contributed by atoms with Crippen molar-refractivity contribution in [3.05, 3.63) is 66.2 Å². The average molecular weight is 513 g/mol. The largest absolute Gasteiger partial charge is 0.497 e. The molecule has 0 unspecified atom stereocenters. The molecular formula is C27H32N2O6S. The van der Waals surface area contributed by atoms with E-state index in [0.717, 1.165) is 54.3 Å². The highest BCUT2D eigenvalue weighted by Crippen LogP contribution is 2.33. The van der Waals surface area contributed by atoms with Crippen LogP contribution in [0.4, 0.5) is 0 Å². The summed E-state index contributed by atoms with van der Waals surface area (Å²) in [7, 11) is 4.79. The smallest absolute Gasteiger partial charge is 0.275 e. The van der Waals surface area contributed by atoms with Crippen LogP contribution in [0.5, 0.6) is 23.0 Å². The molecule has 0 aliphatic carbocycles. The number of benzene rings is 3. The highest BCUT2D eigenvalue weighted by Gasteiger charge is 2.14. The molecule has 0 aromatic heterocycles. The predicted octanol–water partition coefficient (Wildman–Crippen LogP) is 4.60. The number of hydrogen-bond donors (Lipinski definition) is 4. The number of thiol groups is 1. The summed E-state index contributed by atoms with van der Waals surface area (Å²) < 4.78 is 21.6. The minimum Gasteiger partial charge on any atom is -0.497 e. The van der Waals surface area contributed by atoms with Crippen LogP contribution < -0.4 is 29.7 Å². The van der Waals surface area contributed by atoms with Crippen LogP contribution in [-0.2, 0) is 0 Å². The van der Waals surface area contributed by atoms with Crippen molar-refractivity contribution in [1.29, 1.82) is 0 Å². The highest BCUT2D eigenvalue weighted by atomic mass is 32.1. The zero-order valence-corrected chi connectivity index (χ0v) is 21.5. The van der Waals surface area contributed by atoms with Crippen molar-refractivity contribution in [3.8, 4) is 34.1 Å². The lowest BCUT2D eigenvalue weighted by atomic mass is 10.0. The Hall–Kier alpha value is -3.40. The highest BCUT2D eigenvalue weighted by molar-refractivity contribution is 7.80. The quantitative estimate of drug-likeness (QED) is 0.209. The van der Waals surface area contributed by atoms with Gasteiger partial charge in [0.2, 0.25) is 0 Å². The average Bonchev–Trinajstić information content (AvgIpc) is 2.94. The molecule has 0 spiro atoms. The fourth-order valence-electron chi connectivity index (χ4n) is 3.73. The number of rotatable bonds is 7. The van der Waals surface area contributed by atoms with Gasteiger partial charge in [0.15, 0.2) is 11.5 Å².